The molecule has 1 heterocycles. The van der Waals surface area contributed by atoms with E-state index >= 15 is 0 Å². The fourth-order valence-electron chi connectivity index (χ4n) is 1.41. The van der Waals surface area contributed by atoms with Gasteiger partial charge in [-0.2, -0.15) is 0 Å². The minimum atomic E-state index is -0.266. The number of aromatic amines is 1. The Morgan fingerprint density at radius 1 is 1.31 bits per heavy atom. The van der Waals surface area contributed by atoms with Gasteiger partial charge in [-0.25, -0.2) is 0 Å². The van der Waals surface area contributed by atoms with Crippen LogP contribution >= 0.6 is 0 Å². The molecular formula is C11H12N4O. The largest absolute Gasteiger partial charge is 0.348 e. The summed E-state index contributed by atoms with van der Waals surface area (Å²) in [7, 11) is 0. The average Bonchev–Trinajstić information content (AvgIpc) is 2.30. The second kappa shape index (κ2) is 4.57. The standard InChI is InChI=1S/C11H12N4O/c1-8(9-5-3-2-4-6-9)13-11-14-10(16)7-12-15-11/h2-8H,1H3,(H2,13,14,15,16)/t8-/m0/s1. The summed E-state index contributed by atoms with van der Waals surface area (Å²) in [5.41, 5.74) is 0.853. The first kappa shape index (κ1) is 10.4. The Balaban J connectivity index is 2.14. The summed E-state index contributed by atoms with van der Waals surface area (Å²) in [5.74, 6) is 0.379. The lowest BCUT2D eigenvalue weighted by atomic mass is 10.1. The van der Waals surface area contributed by atoms with Gasteiger partial charge in [0.25, 0.3) is 5.56 Å². The summed E-state index contributed by atoms with van der Waals surface area (Å²) >= 11 is 0. The fourth-order valence-corrected chi connectivity index (χ4v) is 1.41. The molecular weight excluding hydrogens is 204 g/mol. The van der Waals surface area contributed by atoms with Crippen LogP contribution in [0.1, 0.15) is 18.5 Å². The molecule has 0 amide bonds. The topological polar surface area (TPSA) is 70.7 Å². The number of hydrogen-bond acceptors (Lipinski definition) is 4. The first-order valence-electron chi connectivity index (χ1n) is 4.99. The van der Waals surface area contributed by atoms with Crippen LogP contribution in [0.4, 0.5) is 5.95 Å². The molecule has 2 N–H and O–H groups in total. The summed E-state index contributed by atoms with van der Waals surface area (Å²) in [4.78, 5) is 13.6. The number of nitrogens with zero attached hydrogens (tertiary/aromatic N) is 2. The first-order chi connectivity index (χ1) is 7.75. The molecule has 0 spiro atoms. The minimum absolute atomic E-state index is 0.0635. The van der Waals surface area contributed by atoms with Gasteiger partial charge in [0, 0.05) is 0 Å². The number of hydrogen-bond donors (Lipinski definition) is 2. The highest BCUT2D eigenvalue weighted by Crippen LogP contribution is 2.14. The van der Waals surface area contributed by atoms with E-state index < -0.39 is 0 Å². The van der Waals surface area contributed by atoms with Crippen molar-refractivity contribution in [2.45, 2.75) is 13.0 Å². The summed E-state index contributed by atoms with van der Waals surface area (Å²) < 4.78 is 0. The molecule has 0 unspecified atom stereocenters. The van der Waals surface area contributed by atoms with Gasteiger partial charge < -0.3 is 5.32 Å². The van der Waals surface area contributed by atoms with Crippen molar-refractivity contribution < 1.29 is 0 Å². The summed E-state index contributed by atoms with van der Waals surface area (Å²) in [6.45, 7) is 1.99. The zero-order valence-corrected chi connectivity index (χ0v) is 8.84. The predicted molar refractivity (Wildman–Crippen MR) is 61.1 cm³/mol. The molecule has 0 saturated heterocycles. The van der Waals surface area contributed by atoms with Crippen molar-refractivity contribution in [3.05, 3.63) is 52.4 Å². The van der Waals surface area contributed by atoms with Gasteiger partial charge in [0.05, 0.1) is 6.04 Å². The Kier molecular flexibility index (Phi) is 2.95. The van der Waals surface area contributed by atoms with Gasteiger partial charge in [0.2, 0.25) is 5.95 Å². The van der Waals surface area contributed by atoms with Crippen LogP contribution in [0.3, 0.4) is 0 Å². The lowest BCUT2D eigenvalue weighted by Gasteiger charge is -2.13. The van der Waals surface area contributed by atoms with Crippen molar-refractivity contribution in [1.29, 1.82) is 0 Å². The molecule has 0 aliphatic carbocycles. The van der Waals surface area contributed by atoms with E-state index in [1.165, 1.54) is 0 Å². The van der Waals surface area contributed by atoms with Gasteiger partial charge >= 0.3 is 0 Å². The molecule has 2 rings (SSSR count). The van der Waals surface area contributed by atoms with E-state index in [4.69, 9.17) is 0 Å². The number of anilines is 1. The van der Waals surface area contributed by atoms with Crippen LogP contribution in [-0.2, 0) is 0 Å². The summed E-state index contributed by atoms with van der Waals surface area (Å²) in [6.07, 6.45) is 1.14. The molecule has 1 aromatic heterocycles. The third kappa shape index (κ3) is 2.44. The van der Waals surface area contributed by atoms with Crippen LogP contribution in [0.15, 0.2) is 41.3 Å². The van der Waals surface area contributed by atoms with E-state index in [1.807, 2.05) is 37.3 Å². The lowest BCUT2D eigenvalue weighted by molar-refractivity contribution is 0.833. The van der Waals surface area contributed by atoms with Crippen LogP contribution in [0.2, 0.25) is 0 Å². The highest BCUT2D eigenvalue weighted by molar-refractivity contribution is 5.29. The Hall–Kier alpha value is -2.17. The Bertz CT molecular complexity index is 509. The smallest absolute Gasteiger partial charge is 0.271 e. The third-order valence-corrected chi connectivity index (χ3v) is 2.23. The van der Waals surface area contributed by atoms with Crippen LogP contribution in [0.25, 0.3) is 0 Å². The van der Waals surface area contributed by atoms with Crippen molar-refractivity contribution in [2.75, 3.05) is 5.32 Å². The quantitative estimate of drug-likeness (QED) is 0.812. The van der Waals surface area contributed by atoms with Gasteiger partial charge in [0.1, 0.15) is 6.20 Å². The van der Waals surface area contributed by atoms with Crippen molar-refractivity contribution in [2.24, 2.45) is 0 Å². The number of rotatable bonds is 3. The highest BCUT2D eigenvalue weighted by Gasteiger charge is 2.05. The Morgan fingerprint density at radius 2 is 2.06 bits per heavy atom. The molecule has 1 atom stereocenters. The predicted octanol–water partition coefficient (Wildman–Crippen LogP) is 1.34. The number of benzene rings is 1. The number of aromatic nitrogens is 3. The first-order valence-corrected chi connectivity index (χ1v) is 4.99. The van der Waals surface area contributed by atoms with Crippen molar-refractivity contribution in [3.8, 4) is 0 Å². The van der Waals surface area contributed by atoms with E-state index in [9.17, 15) is 4.79 Å². The van der Waals surface area contributed by atoms with E-state index in [-0.39, 0.29) is 11.6 Å². The average molecular weight is 216 g/mol. The van der Waals surface area contributed by atoms with E-state index in [0.29, 0.717) is 5.95 Å². The summed E-state index contributed by atoms with van der Waals surface area (Å²) in [5, 5.41) is 10.4. The fraction of sp³-hybridized carbons (Fsp3) is 0.182. The van der Waals surface area contributed by atoms with Crippen molar-refractivity contribution in [3.63, 3.8) is 0 Å². The normalized spacial score (nSPS) is 12.1. The summed E-state index contributed by atoms with van der Waals surface area (Å²) in [6, 6.07) is 9.96. The van der Waals surface area contributed by atoms with Crippen molar-refractivity contribution in [1.82, 2.24) is 15.2 Å². The molecule has 5 nitrogen and oxygen atoms in total. The van der Waals surface area contributed by atoms with Crippen LogP contribution in [0, 0.1) is 0 Å². The molecule has 0 fully saturated rings. The van der Waals surface area contributed by atoms with Gasteiger partial charge in [-0.3, -0.25) is 9.78 Å². The highest BCUT2D eigenvalue weighted by atomic mass is 16.1. The maximum atomic E-state index is 11.0. The molecule has 1 aromatic carbocycles. The molecule has 5 heteroatoms. The third-order valence-electron chi connectivity index (χ3n) is 2.23. The molecule has 0 aliphatic heterocycles. The molecule has 0 bridgehead atoms. The van der Waals surface area contributed by atoms with Gasteiger partial charge in [0.15, 0.2) is 0 Å². The van der Waals surface area contributed by atoms with Gasteiger partial charge in [-0.05, 0) is 12.5 Å². The Morgan fingerprint density at radius 3 is 2.75 bits per heavy atom. The van der Waals surface area contributed by atoms with Gasteiger partial charge in [-0.15, -0.1) is 10.2 Å². The van der Waals surface area contributed by atoms with Crippen LogP contribution in [0.5, 0.6) is 0 Å². The molecule has 0 saturated carbocycles. The maximum Gasteiger partial charge on any atom is 0.271 e. The second-order valence-electron chi connectivity index (χ2n) is 3.46. The van der Waals surface area contributed by atoms with Gasteiger partial charge in [-0.1, -0.05) is 30.3 Å². The molecule has 0 aliphatic rings. The molecule has 2 aromatic rings. The Labute approximate surface area is 92.6 Å². The van der Waals surface area contributed by atoms with Crippen molar-refractivity contribution >= 4 is 5.95 Å². The van der Waals surface area contributed by atoms with E-state index in [2.05, 4.69) is 20.5 Å². The molecule has 0 radical (unpaired) electrons. The van der Waals surface area contributed by atoms with E-state index in [0.717, 1.165) is 11.8 Å². The zero-order valence-electron chi connectivity index (χ0n) is 8.84. The zero-order chi connectivity index (χ0) is 11.4. The molecule has 82 valence electrons. The number of nitrogens with one attached hydrogen (secondary N) is 2. The second-order valence-corrected chi connectivity index (χ2v) is 3.46. The van der Waals surface area contributed by atoms with Crippen LogP contribution < -0.4 is 10.9 Å². The minimum Gasteiger partial charge on any atom is -0.348 e. The number of H-pyrrole nitrogens is 1. The van der Waals surface area contributed by atoms with E-state index in [1.54, 1.807) is 0 Å². The lowest BCUT2D eigenvalue weighted by Crippen LogP contribution is -2.15. The molecule has 16 heavy (non-hydrogen) atoms. The maximum absolute atomic E-state index is 11.0. The van der Waals surface area contributed by atoms with Crippen LogP contribution in [-0.4, -0.2) is 15.2 Å². The monoisotopic (exact) mass is 216 g/mol. The SMILES string of the molecule is C[C@H](Nc1nncc(=O)[nH]1)c1ccccc1.